The van der Waals surface area contributed by atoms with Gasteiger partial charge in [0.25, 0.3) is 0 Å². The van der Waals surface area contributed by atoms with Gasteiger partial charge in [0.15, 0.2) is 29.0 Å². The minimum Gasteiger partial charge on any atom is -0.446 e. The van der Waals surface area contributed by atoms with Gasteiger partial charge in [-0.2, -0.15) is 13.2 Å². The molecule has 2 aromatic carbocycles. The van der Waals surface area contributed by atoms with Crippen LogP contribution in [0.2, 0.25) is 0 Å². The van der Waals surface area contributed by atoms with Crippen molar-refractivity contribution in [3.63, 3.8) is 0 Å². The molecule has 2 rings (SSSR count). The van der Waals surface area contributed by atoms with Crippen LogP contribution >= 0.6 is 27.5 Å². The number of nitrogens with two attached hydrogens (primary N) is 1. The Morgan fingerprint density at radius 2 is 1.58 bits per heavy atom. The fourth-order valence-electron chi connectivity index (χ4n) is 1.84. The van der Waals surface area contributed by atoms with Crippen LogP contribution in [0.1, 0.15) is 5.56 Å². The summed E-state index contributed by atoms with van der Waals surface area (Å²) in [5.41, 5.74) is 3.62. The Balaban J connectivity index is 2.56. The Kier molecular flexibility index (Phi) is 6.07. The number of amidine groups is 1. The van der Waals surface area contributed by atoms with Crippen molar-refractivity contribution in [2.24, 2.45) is 10.7 Å². The lowest BCUT2D eigenvalue weighted by Gasteiger charge is -2.14. The maximum atomic E-state index is 14.2. The van der Waals surface area contributed by atoms with Crippen LogP contribution < -0.4 is 10.5 Å². The summed E-state index contributed by atoms with van der Waals surface area (Å²) in [5.74, 6) is -6.75. The quantitative estimate of drug-likeness (QED) is 0.267. The summed E-state index contributed by atoms with van der Waals surface area (Å²) >= 11 is 8.47. The van der Waals surface area contributed by atoms with E-state index < -0.39 is 40.7 Å². The fourth-order valence-corrected chi connectivity index (χ4v) is 2.32. The molecule has 0 saturated heterocycles. The second-order valence-electron chi connectivity index (χ2n) is 4.84. The van der Waals surface area contributed by atoms with Gasteiger partial charge in [0.1, 0.15) is 11.5 Å². The first-order valence-electron chi connectivity index (χ1n) is 6.65. The Morgan fingerprint density at radius 3 is 2.08 bits per heavy atom. The molecule has 2 aromatic rings. The Labute approximate surface area is 156 Å². The first kappa shape index (κ1) is 20.4. The van der Waals surface area contributed by atoms with E-state index >= 15 is 0 Å². The Morgan fingerprint density at radius 1 is 1.04 bits per heavy atom. The number of halogens is 8. The van der Waals surface area contributed by atoms with Gasteiger partial charge < -0.3 is 10.5 Å². The molecule has 0 aliphatic carbocycles. The molecule has 0 fully saturated rings. The smallest absolute Gasteiger partial charge is 0.416 e. The molecule has 0 radical (unpaired) electrons. The molecule has 2 N–H and O–H groups in total. The molecule has 140 valence electrons. The van der Waals surface area contributed by atoms with Crippen LogP contribution in [-0.4, -0.2) is 11.7 Å². The standard InChI is InChI=1S/C15H8BrClF6N2O/c16-7-3-10(20)14(11(4-7)25-12(24)5-17)26-13-8(18)1-6(2-9(13)19)15(21,22)23/h1-4H,5H2,(H2,24,25). The van der Waals surface area contributed by atoms with Gasteiger partial charge in [-0.1, -0.05) is 15.9 Å². The van der Waals surface area contributed by atoms with Gasteiger partial charge >= 0.3 is 6.18 Å². The third-order valence-corrected chi connectivity index (χ3v) is 3.65. The maximum Gasteiger partial charge on any atom is 0.416 e. The minimum atomic E-state index is -4.96. The van der Waals surface area contributed by atoms with Gasteiger partial charge in [-0.05, 0) is 24.3 Å². The van der Waals surface area contributed by atoms with E-state index in [1.807, 2.05) is 0 Å². The lowest BCUT2D eigenvalue weighted by Crippen LogP contribution is -2.12. The van der Waals surface area contributed by atoms with Crippen LogP contribution in [0.25, 0.3) is 0 Å². The molecule has 0 aromatic heterocycles. The molecule has 0 unspecified atom stereocenters. The normalized spacial score (nSPS) is 12.4. The van der Waals surface area contributed by atoms with Crippen molar-refractivity contribution in [2.45, 2.75) is 6.18 Å². The van der Waals surface area contributed by atoms with Crippen LogP contribution in [0.15, 0.2) is 33.7 Å². The lowest BCUT2D eigenvalue weighted by molar-refractivity contribution is -0.138. The van der Waals surface area contributed by atoms with Crippen LogP contribution in [-0.2, 0) is 6.18 Å². The van der Waals surface area contributed by atoms with Gasteiger partial charge in [-0.25, -0.2) is 18.2 Å². The first-order valence-corrected chi connectivity index (χ1v) is 7.97. The molecule has 0 bridgehead atoms. The number of rotatable bonds is 4. The van der Waals surface area contributed by atoms with E-state index in [0.717, 1.165) is 6.07 Å². The van der Waals surface area contributed by atoms with Crippen LogP contribution in [0.4, 0.5) is 32.0 Å². The van der Waals surface area contributed by atoms with E-state index in [1.165, 1.54) is 6.07 Å². The van der Waals surface area contributed by atoms with E-state index in [-0.39, 0.29) is 34.0 Å². The predicted octanol–water partition coefficient (Wildman–Crippen LogP) is 5.91. The van der Waals surface area contributed by atoms with Gasteiger partial charge in [0, 0.05) is 4.47 Å². The van der Waals surface area contributed by atoms with Crippen molar-refractivity contribution in [1.29, 1.82) is 0 Å². The van der Waals surface area contributed by atoms with Gasteiger partial charge in [0.05, 0.1) is 11.4 Å². The SMILES string of the molecule is NC(CCl)=Nc1cc(Br)cc(F)c1Oc1c(F)cc(C(F)(F)F)cc1F. The summed E-state index contributed by atoms with van der Waals surface area (Å²) in [4.78, 5) is 3.75. The van der Waals surface area contributed by atoms with E-state index in [9.17, 15) is 26.3 Å². The summed E-state index contributed by atoms with van der Waals surface area (Å²) in [5, 5.41) is 0. The molecular weight excluding hydrogens is 454 g/mol. The molecule has 0 heterocycles. The summed E-state index contributed by atoms with van der Waals surface area (Å²) < 4.78 is 84.8. The number of ether oxygens (including phenoxy) is 1. The molecule has 0 aliphatic rings. The molecule has 0 atom stereocenters. The van der Waals surface area contributed by atoms with Crippen molar-refractivity contribution in [2.75, 3.05) is 5.88 Å². The van der Waals surface area contributed by atoms with Crippen LogP contribution in [0.3, 0.4) is 0 Å². The van der Waals surface area contributed by atoms with Crippen molar-refractivity contribution in [3.8, 4) is 11.5 Å². The number of hydrogen-bond acceptors (Lipinski definition) is 2. The van der Waals surface area contributed by atoms with Crippen LogP contribution in [0.5, 0.6) is 11.5 Å². The van der Waals surface area contributed by atoms with Crippen molar-refractivity contribution in [3.05, 3.63) is 51.8 Å². The monoisotopic (exact) mass is 460 g/mol. The van der Waals surface area contributed by atoms with Crippen LogP contribution in [0, 0.1) is 17.5 Å². The summed E-state index contributed by atoms with van der Waals surface area (Å²) in [7, 11) is 0. The summed E-state index contributed by atoms with van der Waals surface area (Å²) in [6, 6.07) is 2.19. The zero-order chi connectivity index (χ0) is 19.6. The van der Waals surface area contributed by atoms with Crippen molar-refractivity contribution < 1.29 is 31.1 Å². The van der Waals surface area contributed by atoms with E-state index in [0.29, 0.717) is 0 Å². The summed E-state index contributed by atoms with van der Waals surface area (Å²) in [6.07, 6.45) is -4.96. The average molecular weight is 462 g/mol. The highest BCUT2D eigenvalue weighted by Gasteiger charge is 2.33. The highest BCUT2D eigenvalue weighted by atomic mass is 79.9. The van der Waals surface area contributed by atoms with E-state index in [1.54, 1.807) is 0 Å². The van der Waals surface area contributed by atoms with Crippen molar-refractivity contribution in [1.82, 2.24) is 0 Å². The van der Waals surface area contributed by atoms with Gasteiger partial charge in [-0.3, -0.25) is 0 Å². The number of aliphatic imine (C=N–C) groups is 1. The molecule has 0 spiro atoms. The lowest BCUT2D eigenvalue weighted by atomic mass is 10.2. The van der Waals surface area contributed by atoms with E-state index in [2.05, 4.69) is 20.9 Å². The molecule has 0 aliphatic heterocycles. The average Bonchev–Trinajstić information content (AvgIpc) is 2.51. The number of hydrogen-bond donors (Lipinski definition) is 1. The number of alkyl halides is 4. The number of benzene rings is 2. The van der Waals surface area contributed by atoms with Gasteiger partial charge in [-0.15, -0.1) is 11.6 Å². The second kappa shape index (κ2) is 7.75. The molecule has 3 nitrogen and oxygen atoms in total. The highest BCUT2D eigenvalue weighted by Crippen LogP contribution is 2.40. The third kappa shape index (κ3) is 4.61. The topological polar surface area (TPSA) is 47.6 Å². The third-order valence-electron chi connectivity index (χ3n) is 2.92. The van der Waals surface area contributed by atoms with E-state index in [4.69, 9.17) is 22.1 Å². The molecule has 0 amide bonds. The fraction of sp³-hybridized carbons (Fsp3) is 0.133. The molecular formula is C15H8BrClF6N2O. The minimum absolute atomic E-state index is 0.0330. The molecule has 0 saturated carbocycles. The zero-order valence-corrected chi connectivity index (χ0v) is 14.8. The second-order valence-corrected chi connectivity index (χ2v) is 6.02. The molecule has 11 heteroatoms. The van der Waals surface area contributed by atoms with Gasteiger partial charge in [0.2, 0.25) is 0 Å². The predicted molar refractivity (Wildman–Crippen MR) is 87.5 cm³/mol. The largest absolute Gasteiger partial charge is 0.446 e. The maximum absolute atomic E-state index is 14.2. The number of nitrogens with zero attached hydrogens (tertiary/aromatic N) is 1. The Hall–Kier alpha value is -1.94. The Bertz CT molecular complexity index is 849. The van der Waals surface area contributed by atoms with Crippen molar-refractivity contribution >= 4 is 39.1 Å². The highest BCUT2D eigenvalue weighted by molar-refractivity contribution is 9.10. The first-order chi connectivity index (χ1) is 12.0. The molecule has 26 heavy (non-hydrogen) atoms. The zero-order valence-electron chi connectivity index (χ0n) is 12.5. The summed E-state index contributed by atoms with van der Waals surface area (Å²) in [6.45, 7) is 0.